The second kappa shape index (κ2) is 7.28. The molecule has 1 heterocycles. The van der Waals surface area contributed by atoms with E-state index in [0.29, 0.717) is 11.7 Å². The molecule has 3 rings (SSSR count). The molecular weight excluding hydrogens is 360 g/mol. The van der Waals surface area contributed by atoms with Crippen molar-refractivity contribution < 1.29 is 13.2 Å². The number of carbonyl (C=O) groups is 1. The Hall–Kier alpha value is -2.33. The van der Waals surface area contributed by atoms with E-state index in [-0.39, 0.29) is 17.3 Å². The Morgan fingerprint density at radius 1 is 1.12 bits per heavy atom. The van der Waals surface area contributed by atoms with Gasteiger partial charge in [-0.15, -0.1) is 0 Å². The van der Waals surface area contributed by atoms with Gasteiger partial charge in [-0.1, -0.05) is 35.6 Å². The maximum Gasteiger partial charge on any atom is 0.240 e. The van der Waals surface area contributed by atoms with Crippen molar-refractivity contribution in [2.75, 3.05) is 11.9 Å². The van der Waals surface area contributed by atoms with Crippen LogP contribution in [0.15, 0.2) is 53.4 Å². The van der Waals surface area contributed by atoms with Crippen molar-refractivity contribution in [2.45, 2.75) is 11.4 Å². The van der Waals surface area contributed by atoms with Gasteiger partial charge in [-0.05, 0) is 29.8 Å². The van der Waals surface area contributed by atoms with Gasteiger partial charge in [0.05, 0.1) is 21.7 Å². The Bertz CT molecular complexity index is 965. The number of hydrogen-bond acceptors (Lipinski definition) is 6. The number of amides is 1. The highest BCUT2D eigenvalue weighted by atomic mass is 32.2. The van der Waals surface area contributed by atoms with E-state index in [1.807, 2.05) is 24.3 Å². The SMILES string of the molecule is NS(=O)(=O)c1ccc(CNCC(=O)Nc2nc3ccccc3s2)cc1. The predicted octanol–water partition coefficient (Wildman–Crippen LogP) is 1.67. The number of fused-ring (bicyclic) bond motifs is 1. The van der Waals surface area contributed by atoms with Crippen molar-refractivity contribution >= 4 is 42.6 Å². The van der Waals surface area contributed by atoms with Crippen LogP contribution in [0.25, 0.3) is 10.2 Å². The summed E-state index contributed by atoms with van der Waals surface area (Å²) in [6.07, 6.45) is 0. The number of nitrogens with two attached hydrogens (primary N) is 1. The molecule has 0 aliphatic heterocycles. The minimum atomic E-state index is -3.69. The number of anilines is 1. The van der Waals surface area contributed by atoms with Gasteiger partial charge < -0.3 is 10.6 Å². The number of hydrogen-bond donors (Lipinski definition) is 3. The average molecular weight is 376 g/mol. The quantitative estimate of drug-likeness (QED) is 0.605. The molecule has 4 N–H and O–H groups in total. The molecule has 1 amide bonds. The molecule has 7 nitrogen and oxygen atoms in total. The normalized spacial score (nSPS) is 11.6. The highest BCUT2D eigenvalue weighted by molar-refractivity contribution is 7.89. The standard InChI is InChI=1S/C16H16N4O3S2/c17-25(22,23)12-7-5-11(6-8-12)9-18-10-15(21)20-16-19-13-3-1-2-4-14(13)24-16/h1-8,18H,9-10H2,(H2,17,22,23)(H,19,20,21). The van der Waals surface area contributed by atoms with Gasteiger partial charge in [0.2, 0.25) is 15.9 Å². The van der Waals surface area contributed by atoms with Gasteiger partial charge in [-0.3, -0.25) is 4.79 Å². The van der Waals surface area contributed by atoms with E-state index in [0.717, 1.165) is 15.8 Å². The number of thiazole rings is 1. The first kappa shape index (κ1) is 17.5. The lowest BCUT2D eigenvalue weighted by Crippen LogP contribution is -2.27. The zero-order valence-electron chi connectivity index (χ0n) is 13.1. The highest BCUT2D eigenvalue weighted by Crippen LogP contribution is 2.25. The van der Waals surface area contributed by atoms with Crippen LogP contribution in [0.2, 0.25) is 0 Å². The van der Waals surface area contributed by atoms with Gasteiger partial charge in [0.15, 0.2) is 5.13 Å². The molecule has 1 aromatic heterocycles. The first-order valence-corrected chi connectivity index (χ1v) is 9.76. The molecule has 0 unspecified atom stereocenters. The van der Waals surface area contributed by atoms with Gasteiger partial charge in [0.25, 0.3) is 0 Å². The van der Waals surface area contributed by atoms with E-state index in [9.17, 15) is 13.2 Å². The lowest BCUT2D eigenvalue weighted by molar-refractivity contribution is -0.115. The van der Waals surface area contributed by atoms with E-state index >= 15 is 0 Å². The van der Waals surface area contributed by atoms with Crippen LogP contribution in [-0.4, -0.2) is 25.9 Å². The Balaban J connectivity index is 1.50. The Morgan fingerprint density at radius 3 is 2.52 bits per heavy atom. The lowest BCUT2D eigenvalue weighted by atomic mass is 10.2. The highest BCUT2D eigenvalue weighted by Gasteiger charge is 2.08. The zero-order chi connectivity index (χ0) is 17.9. The second-order valence-electron chi connectivity index (χ2n) is 5.33. The average Bonchev–Trinajstić information content (AvgIpc) is 2.96. The van der Waals surface area contributed by atoms with Crippen molar-refractivity contribution in [3.05, 3.63) is 54.1 Å². The van der Waals surface area contributed by atoms with E-state index in [4.69, 9.17) is 5.14 Å². The predicted molar refractivity (Wildman–Crippen MR) is 97.8 cm³/mol. The van der Waals surface area contributed by atoms with Gasteiger partial charge in [0, 0.05) is 6.54 Å². The van der Waals surface area contributed by atoms with E-state index in [1.165, 1.54) is 23.5 Å². The monoisotopic (exact) mass is 376 g/mol. The first-order chi connectivity index (χ1) is 11.9. The van der Waals surface area contributed by atoms with Crippen LogP contribution >= 0.6 is 11.3 Å². The van der Waals surface area contributed by atoms with Crippen LogP contribution in [0.5, 0.6) is 0 Å². The van der Waals surface area contributed by atoms with E-state index in [1.54, 1.807) is 12.1 Å². The fourth-order valence-corrected chi connectivity index (χ4v) is 3.60. The van der Waals surface area contributed by atoms with Crippen LogP contribution in [0.3, 0.4) is 0 Å². The molecule has 0 aliphatic carbocycles. The summed E-state index contributed by atoms with van der Waals surface area (Å²) in [7, 11) is -3.69. The van der Waals surface area contributed by atoms with Crippen molar-refractivity contribution in [1.29, 1.82) is 0 Å². The number of aromatic nitrogens is 1. The maximum atomic E-state index is 12.0. The minimum Gasteiger partial charge on any atom is -0.304 e. The van der Waals surface area contributed by atoms with Gasteiger partial charge in [-0.2, -0.15) is 0 Å². The fourth-order valence-electron chi connectivity index (χ4n) is 2.21. The zero-order valence-corrected chi connectivity index (χ0v) is 14.7. The number of para-hydroxylation sites is 1. The summed E-state index contributed by atoms with van der Waals surface area (Å²) in [5.74, 6) is -0.194. The number of rotatable bonds is 6. The summed E-state index contributed by atoms with van der Waals surface area (Å²) in [6.45, 7) is 0.547. The summed E-state index contributed by atoms with van der Waals surface area (Å²) in [6, 6.07) is 13.8. The Morgan fingerprint density at radius 2 is 1.84 bits per heavy atom. The van der Waals surface area contributed by atoms with Crippen LogP contribution in [0.4, 0.5) is 5.13 Å². The van der Waals surface area contributed by atoms with Crippen molar-refractivity contribution in [1.82, 2.24) is 10.3 Å². The van der Waals surface area contributed by atoms with E-state index < -0.39 is 10.0 Å². The van der Waals surface area contributed by atoms with Gasteiger partial charge in [0.1, 0.15) is 0 Å². The number of benzene rings is 2. The van der Waals surface area contributed by atoms with Crippen molar-refractivity contribution in [3.63, 3.8) is 0 Å². The third kappa shape index (κ3) is 4.60. The minimum absolute atomic E-state index is 0.0600. The summed E-state index contributed by atoms with van der Waals surface area (Å²) < 4.78 is 23.4. The number of sulfonamides is 1. The van der Waals surface area contributed by atoms with Crippen LogP contribution < -0.4 is 15.8 Å². The van der Waals surface area contributed by atoms with Crippen LogP contribution in [0.1, 0.15) is 5.56 Å². The molecule has 130 valence electrons. The molecule has 0 spiro atoms. The number of primary sulfonamides is 1. The Kier molecular flexibility index (Phi) is 5.09. The van der Waals surface area contributed by atoms with Crippen molar-refractivity contribution in [3.8, 4) is 0 Å². The van der Waals surface area contributed by atoms with Gasteiger partial charge in [-0.25, -0.2) is 18.5 Å². The van der Waals surface area contributed by atoms with E-state index in [2.05, 4.69) is 15.6 Å². The largest absolute Gasteiger partial charge is 0.304 e. The molecule has 25 heavy (non-hydrogen) atoms. The van der Waals surface area contributed by atoms with Gasteiger partial charge >= 0.3 is 0 Å². The summed E-state index contributed by atoms with van der Waals surface area (Å²) in [5.41, 5.74) is 1.70. The van der Waals surface area contributed by atoms with Crippen LogP contribution in [-0.2, 0) is 21.4 Å². The third-order valence-electron chi connectivity index (χ3n) is 3.41. The smallest absolute Gasteiger partial charge is 0.240 e. The second-order valence-corrected chi connectivity index (χ2v) is 7.92. The van der Waals surface area contributed by atoms with Crippen molar-refractivity contribution in [2.24, 2.45) is 5.14 Å². The molecular formula is C16H16N4O3S2. The number of carbonyl (C=O) groups excluding carboxylic acids is 1. The first-order valence-electron chi connectivity index (χ1n) is 7.40. The molecule has 0 saturated carbocycles. The molecule has 2 aromatic carbocycles. The lowest BCUT2D eigenvalue weighted by Gasteiger charge is -2.05. The van der Waals surface area contributed by atoms with Crippen LogP contribution in [0, 0.1) is 0 Å². The topological polar surface area (TPSA) is 114 Å². The molecule has 0 saturated heterocycles. The molecule has 0 bridgehead atoms. The molecule has 0 aliphatic rings. The summed E-state index contributed by atoms with van der Waals surface area (Å²) >= 11 is 1.42. The summed E-state index contributed by atoms with van der Waals surface area (Å²) in [5, 5.41) is 11.4. The third-order valence-corrected chi connectivity index (χ3v) is 5.29. The maximum absolute atomic E-state index is 12.0. The molecule has 0 atom stereocenters. The molecule has 3 aromatic rings. The number of nitrogens with one attached hydrogen (secondary N) is 2. The Labute approximate surface area is 148 Å². The fraction of sp³-hybridized carbons (Fsp3) is 0.125. The molecule has 0 radical (unpaired) electrons. The number of nitrogens with zero attached hydrogens (tertiary/aromatic N) is 1. The summed E-state index contributed by atoms with van der Waals surface area (Å²) in [4.78, 5) is 16.4. The molecule has 9 heteroatoms. The molecule has 0 fully saturated rings.